The molecule has 1 aliphatic heterocycles. The van der Waals surface area contributed by atoms with Gasteiger partial charge in [-0.25, -0.2) is 9.97 Å². The Hall–Kier alpha value is -1.87. The summed E-state index contributed by atoms with van der Waals surface area (Å²) < 4.78 is 13.2. The number of Topliss-reactive ketones (excluding diaryl/α,β-unsaturated/α-hetero) is 1. The van der Waals surface area contributed by atoms with Gasteiger partial charge in [0.05, 0.1) is 18.0 Å². The molecule has 5 aliphatic rings. The van der Waals surface area contributed by atoms with Crippen molar-refractivity contribution in [2.45, 2.75) is 88.6 Å². The van der Waals surface area contributed by atoms with Crippen molar-refractivity contribution in [3.05, 3.63) is 42.3 Å². The van der Waals surface area contributed by atoms with Gasteiger partial charge in [0.1, 0.15) is 0 Å². The van der Waals surface area contributed by atoms with Crippen LogP contribution < -0.4 is 0 Å². The van der Waals surface area contributed by atoms with Gasteiger partial charge in [-0.2, -0.15) is 0 Å². The minimum absolute atomic E-state index is 0.000522. The van der Waals surface area contributed by atoms with Crippen LogP contribution in [0.2, 0.25) is 0 Å². The summed E-state index contributed by atoms with van der Waals surface area (Å²) in [4.78, 5) is 34.9. The van der Waals surface area contributed by atoms with Crippen molar-refractivity contribution in [2.75, 3.05) is 5.75 Å². The number of fused-ring (bicyclic) bond motifs is 7. The molecule has 0 amide bonds. The summed E-state index contributed by atoms with van der Waals surface area (Å²) in [6.45, 7) is 6.42. The third kappa shape index (κ3) is 3.66. The average Bonchev–Trinajstić information content (AvgIpc) is 3.35. The molecule has 1 aromatic heterocycles. The highest BCUT2D eigenvalue weighted by molar-refractivity contribution is 7.99. The molecule has 4 fully saturated rings. The molecule has 0 radical (unpaired) electrons. The Morgan fingerprint density at radius 3 is 2.81 bits per heavy atom. The van der Waals surface area contributed by atoms with E-state index in [-0.39, 0.29) is 46.6 Å². The van der Waals surface area contributed by atoms with Gasteiger partial charge in [0.2, 0.25) is 0 Å². The molecule has 6 unspecified atom stereocenters. The van der Waals surface area contributed by atoms with Crippen molar-refractivity contribution in [3.8, 4) is 0 Å². The Kier molecular flexibility index (Phi) is 6.26. The van der Waals surface area contributed by atoms with Crippen LogP contribution in [0, 0.1) is 28.6 Å². The van der Waals surface area contributed by atoms with Crippen molar-refractivity contribution >= 4 is 23.3 Å². The van der Waals surface area contributed by atoms with E-state index in [1.165, 1.54) is 11.8 Å². The van der Waals surface area contributed by atoms with E-state index < -0.39 is 23.4 Å². The lowest BCUT2D eigenvalue weighted by molar-refractivity contribution is -0.197. The second-order valence-electron chi connectivity index (χ2n) is 11.9. The zero-order valence-electron chi connectivity index (χ0n) is 21.8. The van der Waals surface area contributed by atoms with Gasteiger partial charge >= 0.3 is 0 Å². The molecule has 7 nitrogen and oxygen atoms in total. The van der Waals surface area contributed by atoms with Crippen LogP contribution in [-0.4, -0.2) is 56.5 Å². The largest absolute Gasteiger partial charge is 0.393 e. The van der Waals surface area contributed by atoms with E-state index in [1.807, 2.05) is 6.08 Å². The predicted octanol–water partition coefficient (Wildman–Crippen LogP) is 4.31. The number of ketones is 2. The monoisotopic (exact) mass is 524 g/mol. The Balaban J connectivity index is 1.35. The van der Waals surface area contributed by atoms with E-state index >= 15 is 0 Å². The number of allylic oxidation sites excluding steroid dienone is 4. The number of hydrogen-bond donors (Lipinski definition) is 1. The number of ether oxygens (including phenoxy) is 2. The van der Waals surface area contributed by atoms with Crippen LogP contribution in [0.25, 0.3) is 0 Å². The molecule has 0 bridgehead atoms. The lowest BCUT2D eigenvalue weighted by atomic mass is 9.46. The molecule has 1 saturated heterocycles. The van der Waals surface area contributed by atoms with Gasteiger partial charge in [0.25, 0.3) is 0 Å². The van der Waals surface area contributed by atoms with Crippen LogP contribution in [-0.2, 0) is 19.1 Å². The quantitative estimate of drug-likeness (QED) is 0.434. The maximum atomic E-state index is 14.2. The Labute approximate surface area is 222 Å². The van der Waals surface area contributed by atoms with E-state index in [9.17, 15) is 14.7 Å². The fourth-order valence-corrected chi connectivity index (χ4v) is 9.35. The van der Waals surface area contributed by atoms with Crippen molar-refractivity contribution in [1.82, 2.24) is 9.97 Å². The Morgan fingerprint density at radius 1 is 1.27 bits per heavy atom. The van der Waals surface area contributed by atoms with Gasteiger partial charge in [-0.15, -0.1) is 0 Å². The number of nitrogens with zero attached hydrogens (tertiary/aromatic N) is 2. The fraction of sp³-hybridized carbons (Fsp3) is 0.655. The number of thioether (sulfide) groups is 1. The Morgan fingerprint density at radius 2 is 2.05 bits per heavy atom. The van der Waals surface area contributed by atoms with E-state index in [0.29, 0.717) is 11.6 Å². The number of aliphatic hydroxyl groups is 1. The maximum absolute atomic E-state index is 14.2. The van der Waals surface area contributed by atoms with Gasteiger partial charge in [0, 0.05) is 29.1 Å². The van der Waals surface area contributed by atoms with Gasteiger partial charge in [0.15, 0.2) is 28.6 Å². The lowest BCUT2D eigenvalue weighted by Gasteiger charge is -2.59. The van der Waals surface area contributed by atoms with Crippen molar-refractivity contribution < 1.29 is 24.2 Å². The van der Waals surface area contributed by atoms with Gasteiger partial charge < -0.3 is 14.6 Å². The van der Waals surface area contributed by atoms with E-state index in [4.69, 9.17) is 9.47 Å². The van der Waals surface area contributed by atoms with Crippen LogP contribution >= 0.6 is 11.8 Å². The molecule has 8 heteroatoms. The topological polar surface area (TPSA) is 98.6 Å². The number of hydrogen-bond acceptors (Lipinski definition) is 8. The van der Waals surface area contributed by atoms with Gasteiger partial charge in [-0.05, 0) is 62.2 Å². The van der Waals surface area contributed by atoms with Crippen molar-refractivity contribution in [2.24, 2.45) is 28.6 Å². The number of aromatic nitrogens is 2. The summed E-state index contributed by atoms with van der Waals surface area (Å²) >= 11 is 1.33. The zero-order valence-corrected chi connectivity index (χ0v) is 22.6. The van der Waals surface area contributed by atoms with Crippen LogP contribution in [0.15, 0.2) is 47.4 Å². The van der Waals surface area contributed by atoms with E-state index in [2.05, 4.69) is 30.7 Å². The van der Waals surface area contributed by atoms with Crippen LogP contribution in [0.4, 0.5) is 0 Å². The molecule has 4 aliphatic carbocycles. The lowest BCUT2D eigenvalue weighted by Crippen LogP contribution is -2.63. The summed E-state index contributed by atoms with van der Waals surface area (Å²) in [5.74, 6) is 0.634. The zero-order chi connectivity index (χ0) is 26.0. The third-order valence-corrected chi connectivity index (χ3v) is 11.0. The number of rotatable bonds is 6. The first-order valence-electron chi connectivity index (χ1n) is 13.6. The highest BCUT2D eigenvalue weighted by atomic mass is 32.2. The number of carbonyl (C=O) groups is 2. The summed E-state index contributed by atoms with van der Waals surface area (Å²) in [5.41, 5.74) is -0.871. The molecule has 0 aromatic carbocycles. The second kappa shape index (κ2) is 9.11. The summed E-state index contributed by atoms with van der Waals surface area (Å²) in [6, 6.07) is 1.76. The first kappa shape index (κ1) is 25.4. The summed E-state index contributed by atoms with van der Waals surface area (Å²) in [5, 5.41) is 12.4. The highest BCUT2D eigenvalue weighted by Gasteiger charge is 2.75. The molecule has 6 rings (SSSR count). The van der Waals surface area contributed by atoms with Gasteiger partial charge in [-0.1, -0.05) is 50.6 Å². The number of carbonyl (C=O) groups excluding carboxylic acids is 2. The highest BCUT2D eigenvalue weighted by Crippen LogP contribution is 2.69. The Bertz CT molecular complexity index is 1160. The number of aliphatic hydroxyl groups excluding tert-OH is 1. The molecule has 0 spiro atoms. The van der Waals surface area contributed by atoms with E-state index in [0.717, 1.165) is 37.7 Å². The molecule has 3 saturated carbocycles. The summed E-state index contributed by atoms with van der Waals surface area (Å²) in [7, 11) is 0. The molecule has 198 valence electrons. The van der Waals surface area contributed by atoms with Gasteiger partial charge in [-0.3, -0.25) is 9.59 Å². The third-order valence-electron chi connectivity index (χ3n) is 10.1. The first-order chi connectivity index (χ1) is 17.7. The second-order valence-corrected chi connectivity index (χ2v) is 12.8. The fourth-order valence-electron chi connectivity index (χ4n) is 8.60. The predicted molar refractivity (Wildman–Crippen MR) is 139 cm³/mol. The maximum Gasteiger partial charge on any atom is 0.187 e. The van der Waals surface area contributed by atoms with E-state index in [1.54, 1.807) is 30.6 Å². The normalized spacial score (nSPS) is 44.0. The minimum atomic E-state index is -1.10. The van der Waals surface area contributed by atoms with Crippen molar-refractivity contribution in [3.63, 3.8) is 0 Å². The molecular formula is C29H36N2O5S. The molecule has 2 heterocycles. The van der Waals surface area contributed by atoms with Crippen molar-refractivity contribution in [1.29, 1.82) is 0 Å². The standard InChI is InChI=1S/C29H36N2O5S/c1-4-6-24-35-23-14-20-19-8-7-17-13-18(32)9-10-27(17,2)25(19)21(33)15-28(20,3)29(23,36-24)22(34)16-37-26-30-11-5-12-31-26/h5,9-13,19-21,23-25,33H,4,6-8,14-16H2,1-3H3/t19?,20?,21?,23-,24+,25?,27?,28?,29-/m1/s1. The molecule has 1 N–H and O–H groups in total. The molecule has 1 aromatic rings. The van der Waals surface area contributed by atoms with Crippen LogP contribution in [0.3, 0.4) is 0 Å². The summed E-state index contributed by atoms with van der Waals surface area (Å²) in [6.07, 6.45) is 12.0. The minimum Gasteiger partial charge on any atom is -0.393 e. The first-order valence-corrected chi connectivity index (χ1v) is 14.6. The van der Waals surface area contributed by atoms with Crippen LogP contribution in [0.5, 0.6) is 0 Å². The average molecular weight is 525 g/mol. The molecule has 9 atom stereocenters. The molecule has 37 heavy (non-hydrogen) atoms. The van der Waals surface area contributed by atoms with Crippen LogP contribution in [0.1, 0.15) is 59.3 Å². The molecular weight excluding hydrogens is 488 g/mol. The smallest absolute Gasteiger partial charge is 0.187 e. The SMILES string of the molecule is CCC[C@H]1O[C@@H]2CC3C4CCC5=CC(=O)C=CC5(C)C4C(O)CC3(C)[C@]2(C(=O)CSc2ncccn2)O1.